The van der Waals surface area contributed by atoms with Crippen molar-refractivity contribution in [1.29, 1.82) is 0 Å². The van der Waals surface area contributed by atoms with Gasteiger partial charge in [0.05, 0.1) is 5.60 Å². The monoisotopic (exact) mass is 267 g/mol. The van der Waals surface area contributed by atoms with Gasteiger partial charge in [-0.25, -0.2) is 0 Å². The number of hydrogen-bond acceptors (Lipinski definition) is 2. The molecule has 0 radical (unpaired) electrons. The fraction of sp³-hybridized carbons (Fsp3) is 0.600. The highest BCUT2D eigenvalue weighted by Crippen LogP contribution is 2.39. The predicted octanol–water partition coefficient (Wildman–Crippen LogP) is 3.43. The topological polar surface area (TPSA) is 21.3 Å². The van der Waals surface area contributed by atoms with Crippen molar-refractivity contribution in [3.63, 3.8) is 0 Å². The van der Waals surface area contributed by atoms with Gasteiger partial charge in [-0.2, -0.15) is 0 Å². The molecule has 100 valence electrons. The van der Waals surface area contributed by atoms with Gasteiger partial charge in [0, 0.05) is 18.2 Å². The van der Waals surface area contributed by atoms with Gasteiger partial charge >= 0.3 is 0 Å². The van der Waals surface area contributed by atoms with Gasteiger partial charge in [0.2, 0.25) is 0 Å². The second-order valence-corrected chi connectivity index (χ2v) is 5.70. The molecule has 0 amide bonds. The molecular formula is C15H22ClNO. The lowest BCUT2D eigenvalue weighted by Gasteiger charge is -2.42. The Morgan fingerprint density at radius 2 is 2.22 bits per heavy atom. The summed E-state index contributed by atoms with van der Waals surface area (Å²) in [6, 6.07) is 8.56. The first-order valence-electron chi connectivity index (χ1n) is 6.64. The largest absolute Gasteiger partial charge is 0.378 e. The highest BCUT2D eigenvalue weighted by molar-refractivity contribution is 6.30. The lowest BCUT2D eigenvalue weighted by molar-refractivity contribution is -0.0830. The standard InChI is InChI=1S/C15H22ClNO/c1-17-14(11-15(18-2)7-4-8-15)10-12-5-3-6-13(16)9-12/h3,5-6,9,14,17H,4,7-8,10-11H2,1-2H3. The molecule has 1 saturated carbocycles. The summed E-state index contributed by atoms with van der Waals surface area (Å²) in [5.74, 6) is 0. The van der Waals surface area contributed by atoms with Crippen LogP contribution < -0.4 is 5.32 Å². The highest BCUT2D eigenvalue weighted by Gasteiger charge is 2.38. The zero-order valence-corrected chi connectivity index (χ0v) is 12.0. The van der Waals surface area contributed by atoms with E-state index in [0.717, 1.165) is 17.9 Å². The number of ether oxygens (including phenoxy) is 1. The number of hydrogen-bond donors (Lipinski definition) is 1. The molecule has 0 spiro atoms. The van der Waals surface area contributed by atoms with Crippen LogP contribution in [0.25, 0.3) is 0 Å². The van der Waals surface area contributed by atoms with Crippen LogP contribution in [-0.4, -0.2) is 25.8 Å². The number of rotatable bonds is 6. The highest BCUT2D eigenvalue weighted by atomic mass is 35.5. The average molecular weight is 268 g/mol. The summed E-state index contributed by atoms with van der Waals surface area (Å²) >= 11 is 6.03. The van der Waals surface area contributed by atoms with E-state index >= 15 is 0 Å². The maximum absolute atomic E-state index is 6.03. The van der Waals surface area contributed by atoms with Crippen molar-refractivity contribution < 1.29 is 4.74 Å². The lowest BCUT2D eigenvalue weighted by atomic mass is 9.75. The Labute approximate surface area is 115 Å². The van der Waals surface area contributed by atoms with Crippen molar-refractivity contribution in [2.24, 2.45) is 0 Å². The van der Waals surface area contributed by atoms with E-state index < -0.39 is 0 Å². The first-order chi connectivity index (χ1) is 8.67. The molecule has 1 aliphatic rings. The van der Waals surface area contributed by atoms with E-state index in [1.807, 2.05) is 32.4 Å². The van der Waals surface area contributed by atoms with Gasteiger partial charge in [0.25, 0.3) is 0 Å². The minimum absolute atomic E-state index is 0.117. The Morgan fingerprint density at radius 1 is 1.44 bits per heavy atom. The van der Waals surface area contributed by atoms with Crippen molar-refractivity contribution in [2.75, 3.05) is 14.2 Å². The molecule has 0 heterocycles. The molecule has 1 fully saturated rings. The summed E-state index contributed by atoms with van der Waals surface area (Å²) in [6.45, 7) is 0. The summed E-state index contributed by atoms with van der Waals surface area (Å²) < 4.78 is 5.70. The number of halogens is 1. The average Bonchev–Trinajstić information content (AvgIpc) is 2.32. The fourth-order valence-electron chi connectivity index (χ4n) is 2.74. The van der Waals surface area contributed by atoms with Crippen molar-refractivity contribution >= 4 is 11.6 Å². The second kappa shape index (κ2) is 6.05. The zero-order chi connectivity index (χ0) is 13.0. The number of likely N-dealkylation sites (N-methyl/N-ethyl adjacent to an activating group) is 1. The van der Waals surface area contributed by atoms with Gasteiger partial charge in [0.1, 0.15) is 0 Å². The lowest BCUT2D eigenvalue weighted by Crippen LogP contribution is -2.45. The van der Waals surface area contributed by atoms with Gasteiger partial charge in [-0.05, 0) is 56.8 Å². The molecule has 2 rings (SSSR count). The smallest absolute Gasteiger partial charge is 0.0693 e. The summed E-state index contributed by atoms with van der Waals surface area (Å²) in [5, 5.41) is 4.22. The molecule has 1 unspecified atom stereocenters. The van der Waals surface area contributed by atoms with Crippen molar-refractivity contribution in [3.8, 4) is 0 Å². The maximum atomic E-state index is 6.03. The second-order valence-electron chi connectivity index (χ2n) is 5.26. The molecule has 1 N–H and O–H groups in total. The summed E-state index contributed by atoms with van der Waals surface area (Å²) in [6.07, 6.45) is 5.75. The fourth-order valence-corrected chi connectivity index (χ4v) is 2.95. The third-order valence-corrected chi connectivity index (χ3v) is 4.33. The molecule has 0 bridgehead atoms. The van der Waals surface area contributed by atoms with E-state index in [9.17, 15) is 0 Å². The van der Waals surface area contributed by atoms with Crippen LogP contribution >= 0.6 is 11.6 Å². The van der Waals surface area contributed by atoms with E-state index in [1.54, 1.807) is 0 Å². The molecule has 0 aromatic heterocycles. The van der Waals surface area contributed by atoms with Crippen LogP contribution in [0.15, 0.2) is 24.3 Å². The van der Waals surface area contributed by atoms with E-state index in [2.05, 4.69) is 11.4 Å². The van der Waals surface area contributed by atoms with E-state index in [1.165, 1.54) is 24.8 Å². The number of nitrogens with one attached hydrogen (secondary N) is 1. The minimum atomic E-state index is 0.117. The molecule has 0 saturated heterocycles. The number of methoxy groups -OCH3 is 1. The first kappa shape index (κ1) is 13.9. The van der Waals surface area contributed by atoms with Gasteiger partial charge in [0.15, 0.2) is 0 Å². The SMILES string of the molecule is CNC(Cc1cccc(Cl)c1)CC1(OC)CCC1. The van der Waals surface area contributed by atoms with E-state index in [-0.39, 0.29) is 5.60 Å². The van der Waals surface area contributed by atoms with E-state index in [0.29, 0.717) is 6.04 Å². The van der Waals surface area contributed by atoms with Gasteiger partial charge in [-0.1, -0.05) is 23.7 Å². The molecule has 0 aliphatic heterocycles. The molecule has 1 aliphatic carbocycles. The quantitative estimate of drug-likeness (QED) is 0.853. The zero-order valence-electron chi connectivity index (χ0n) is 11.2. The summed E-state index contributed by atoms with van der Waals surface area (Å²) in [7, 11) is 3.86. The third-order valence-electron chi connectivity index (χ3n) is 4.10. The van der Waals surface area contributed by atoms with Crippen LogP contribution in [0.2, 0.25) is 5.02 Å². The maximum Gasteiger partial charge on any atom is 0.0693 e. The molecule has 3 heteroatoms. The van der Waals surface area contributed by atoms with Gasteiger partial charge in [-0.15, -0.1) is 0 Å². The Hall–Kier alpha value is -0.570. The van der Waals surface area contributed by atoms with Crippen LogP contribution in [0.4, 0.5) is 0 Å². The van der Waals surface area contributed by atoms with Gasteiger partial charge in [-0.3, -0.25) is 0 Å². The molecule has 18 heavy (non-hydrogen) atoms. The molecular weight excluding hydrogens is 246 g/mol. The van der Waals surface area contributed by atoms with Crippen LogP contribution in [0.5, 0.6) is 0 Å². The van der Waals surface area contributed by atoms with E-state index in [4.69, 9.17) is 16.3 Å². The molecule has 1 atom stereocenters. The van der Waals surface area contributed by atoms with Gasteiger partial charge < -0.3 is 10.1 Å². The molecule has 1 aromatic rings. The summed E-state index contributed by atoms with van der Waals surface area (Å²) in [4.78, 5) is 0. The van der Waals surface area contributed by atoms with Crippen molar-refractivity contribution in [3.05, 3.63) is 34.9 Å². The van der Waals surface area contributed by atoms with Crippen LogP contribution in [0.1, 0.15) is 31.2 Å². The van der Waals surface area contributed by atoms with Crippen LogP contribution in [0.3, 0.4) is 0 Å². The Morgan fingerprint density at radius 3 is 2.72 bits per heavy atom. The molecule has 2 nitrogen and oxygen atoms in total. The normalized spacial score (nSPS) is 19.3. The van der Waals surface area contributed by atoms with Crippen molar-refractivity contribution in [2.45, 2.75) is 43.7 Å². The number of benzene rings is 1. The van der Waals surface area contributed by atoms with Crippen molar-refractivity contribution in [1.82, 2.24) is 5.32 Å². The summed E-state index contributed by atoms with van der Waals surface area (Å²) in [5.41, 5.74) is 1.40. The Bertz CT molecular complexity index is 384. The minimum Gasteiger partial charge on any atom is -0.378 e. The molecule has 1 aromatic carbocycles. The predicted molar refractivity (Wildman–Crippen MR) is 76.2 cm³/mol. The van der Waals surface area contributed by atoms with Crippen LogP contribution in [0, 0.1) is 0 Å². The third kappa shape index (κ3) is 3.25. The Kier molecular flexibility index (Phi) is 4.66. The Balaban J connectivity index is 1.97. The first-order valence-corrected chi connectivity index (χ1v) is 7.02. The van der Waals surface area contributed by atoms with Crippen LogP contribution in [-0.2, 0) is 11.2 Å².